The van der Waals surface area contributed by atoms with E-state index in [0.29, 0.717) is 0 Å². The molecule has 1 heteroatoms. The van der Waals surface area contributed by atoms with Crippen LogP contribution in [-0.4, -0.2) is 25.5 Å². The third-order valence-corrected chi connectivity index (χ3v) is 7.73. The monoisotopic (exact) mass is 542 g/mol. The van der Waals surface area contributed by atoms with Crippen LogP contribution < -0.4 is 0 Å². The summed E-state index contributed by atoms with van der Waals surface area (Å²) in [6, 6.07) is 0. The molecule has 0 aliphatic rings. The summed E-state index contributed by atoms with van der Waals surface area (Å²) in [6.07, 6.45) is 50.7. The van der Waals surface area contributed by atoms with E-state index in [0.717, 1.165) is 19.3 Å². The van der Waals surface area contributed by atoms with Gasteiger partial charge in [0.2, 0.25) is 0 Å². The number of allylic oxidation sites excluding steroid dienone is 8. The van der Waals surface area contributed by atoms with Crippen LogP contribution in [0.5, 0.6) is 0 Å². The molecule has 0 spiro atoms. The maximum atomic E-state index is 2.47. The summed E-state index contributed by atoms with van der Waals surface area (Å²) in [4.78, 5) is 2.30. The van der Waals surface area contributed by atoms with Gasteiger partial charge in [0.1, 0.15) is 0 Å². The molecule has 0 aliphatic carbocycles. The van der Waals surface area contributed by atoms with Gasteiger partial charge in [-0.3, -0.25) is 0 Å². The third kappa shape index (κ3) is 33.0. The lowest BCUT2D eigenvalue weighted by atomic mass is 10.0. The van der Waals surface area contributed by atoms with Gasteiger partial charge in [0, 0.05) is 0 Å². The number of hydrogen-bond acceptors (Lipinski definition) is 1. The van der Waals surface area contributed by atoms with Crippen LogP contribution in [0.4, 0.5) is 0 Å². The summed E-state index contributed by atoms with van der Waals surface area (Å²) in [5.74, 6) is 0. The summed E-state index contributed by atoms with van der Waals surface area (Å²) >= 11 is 0. The van der Waals surface area contributed by atoms with E-state index in [4.69, 9.17) is 0 Å². The van der Waals surface area contributed by atoms with E-state index in [-0.39, 0.29) is 0 Å². The van der Waals surface area contributed by atoms with Crippen molar-refractivity contribution in [1.82, 2.24) is 4.90 Å². The molecule has 0 atom stereocenters. The molecule has 0 aromatic heterocycles. The van der Waals surface area contributed by atoms with Crippen molar-refractivity contribution in [2.45, 2.75) is 174 Å². The second-order valence-corrected chi connectivity index (χ2v) is 12.1. The first kappa shape index (κ1) is 37.9. The van der Waals surface area contributed by atoms with Crippen LogP contribution in [0.2, 0.25) is 0 Å². The van der Waals surface area contributed by atoms with E-state index in [9.17, 15) is 0 Å². The standard InChI is InChI=1S/C38H71N/c1-5-7-9-11-13-14-15-16-17-18-19-20-21-23-27-31-35-38(34-30-26-22-12-10-8-6-2)36-32-28-24-25-29-33-37-39(3)4/h8,10,22,26,31,34-35H,5-7,9,11-21,23-25,27-30,32-33,36-37H2,1-4H3. The van der Waals surface area contributed by atoms with E-state index >= 15 is 0 Å². The normalized spacial score (nSPS) is 12.8. The maximum absolute atomic E-state index is 2.47. The Kier molecular flexibility index (Phi) is 32.2. The molecular weight excluding hydrogens is 470 g/mol. The van der Waals surface area contributed by atoms with Crippen molar-refractivity contribution in [2.75, 3.05) is 20.6 Å². The molecule has 228 valence electrons. The predicted octanol–water partition coefficient (Wildman–Crippen LogP) is 12.9. The zero-order valence-corrected chi connectivity index (χ0v) is 27.4. The molecule has 0 rings (SSSR count). The topological polar surface area (TPSA) is 3.24 Å². The Labute approximate surface area is 247 Å². The van der Waals surface area contributed by atoms with Crippen LogP contribution in [0, 0.1) is 0 Å². The summed E-state index contributed by atoms with van der Waals surface area (Å²) in [5.41, 5.74) is 1.56. The Morgan fingerprint density at radius 3 is 1.54 bits per heavy atom. The Bertz CT molecular complexity index is 580. The summed E-state index contributed by atoms with van der Waals surface area (Å²) < 4.78 is 0. The summed E-state index contributed by atoms with van der Waals surface area (Å²) in [6.45, 7) is 5.74. The first-order valence-corrected chi connectivity index (χ1v) is 17.5. The first-order valence-electron chi connectivity index (χ1n) is 17.5. The van der Waals surface area contributed by atoms with Crippen LogP contribution in [0.25, 0.3) is 0 Å². The van der Waals surface area contributed by atoms with Crippen LogP contribution in [0.3, 0.4) is 0 Å². The van der Waals surface area contributed by atoms with Gasteiger partial charge in [-0.2, -0.15) is 0 Å². The van der Waals surface area contributed by atoms with Gasteiger partial charge in [0.15, 0.2) is 0 Å². The fourth-order valence-electron chi connectivity index (χ4n) is 5.16. The molecule has 0 heterocycles. The zero-order valence-electron chi connectivity index (χ0n) is 27.4. The Balaban J connectivity index is 4.01. The van der Waals surface area contributed by atoms with Crippen molar-refractivity contribution < 1.29 is 0 Å². The second-order valence-electron chi connectivity index (χ2n) is 12.1. The number of nitrogens with zero attached hydrogens (tertiary/aromatic N) is 1. The van der Waals surface area contributed by atoms with Crippen LogP contribution in [-0.2, 0) is 0 Å². The van der Waals surface area contributed by atoms with Crippen LogP contribution in [0.1, 0.15) is 174 Å². The van der Waals surface area contributed by atoms with Gasteiger partial charge in [0.05, 0.1) is 0 Å². The predicted molar refractivity (Wildman–Crippen MR) is 181 cm³/mol. The van der Waals surface area contributed by atoms with Gasteiger partial charge in [-0.15, -0.1) is 0 Å². The van der Waals surface area contributed by atoms with Gasteiger partial charge in [0.25, 0.3) is 0 Å². The summed E-state index contributed by atoms with van der Waals surface area (Å²) in [5, 5.41) is 0. The lowest BCUT2D eigenvalue weighted by Gasteiger charge is -2.08. The van der Waals surface area contributed by atoms with E-state index in [1.807, 2.05) is 0 Å². The highest BCUT2D eigenvalue weighted by molar-refractivity contribution is 5.19. The molecule has 0 saturated heterocycles. The van der Waals surface area contributed by atoms with E-state index in [1.165, 1.54) is 148 Å². The smallest absolute Gasteiger partial charge is 0.00248 e. The molecule has 0 saturated carbocycles. The minimum absolute atomic E-state index is 1.07. The highest BCUT2D eigenvalue weighted by Crippen LogP contribution is 2.16. The molecule has 39 heavy (non-hydrogen) atoms. The SMILES string of the molecule is CCC=CCC=CCC=C(C=CCCCCCCCCCCCCCCCC)CCCCCCCCN(C)C. The Hall–Kier alpha value is -1.08. The number of unbranched alkanes of at least 4 members (excludes halogenated alkanes) is 19. The molecule has 0 fully saturated rings. The van der Waals surface area contributed by atoms with E-state index in [1.54, 1.807) is 5.57 Å². The molecule has 1 nitrogen and oxygen atoms in total. The third-order valence-electron chi connectivity index (χ3n) is 7.73. The lowest BCUT2D eigenvalue weighted by Crippen LogP contribution is -2.12. The second kappa shape index (κ2) is 33.1. The number of rotatable bonds is 30. The van der Waals surface area contributed by atoms with Gasteiger partial charge in [-0.05, 0) is 72.0 Å². The fraction of sp³-hybridized carbons (Fsp3) is 0.789. The fourth-order valence-corrected chi connectivity index (χ4v) is 5.16. The Morgan fingerprint density at radius 2 is 0.974 bits per heavy atom. The van der Waals surface area contributed by atoms with Crippen molar-refractivity contribution in [3.05, 3.63) is 48.1 Å². The van der Waals surface area contributed by atoms with Gasteiger partial charge in [-0.1, -0.05) is 171 Å². The molecule has 0 bridgehead atoms. The van der Waals surface area contributed by atoms with Crippen molar-refractivity contribution in [1.29, 1.82) is 0 Å². The zero-order chi connectivity index (χ0) is 28.5. The van der Waals surface area contributed by atoms with Gasteiger partial charge in [-0.25, -0.2) is 0 Å². The van der Waals surface area contributed by atoms with E-state index < -0.39 is 0 Å². The Morgan fingerprint density at radius 1 is 0.487 bits per heavy atom. The average Bonchev–Trinajstić information content (AvgIpc) is 2.93. The molecule has 0 amide bonds. The van der Waals surface area contributed by atoms with Crippen molar-refractivity contribution >= 4 is 0 Å². The molecule has 0 aromatic carbocycles. The minimum Gasteiger partial charge on any atom is -0.309 e. The van der Waals surface area contributed by atoms with Crippen LogP contribution in [0.15, 0.2) is 48.1 Å². The van der Waals surface area contributed by atoms with Crippen molar-refractivity contribution in [2.24, 2.45) is 0 Å². The highest BCUT2D eigenvalue weighted by Gasteiger charge is 1.97. The number of hydrogen-bond donors (Lipinski definition) is 0. The molecule has 0 N–H and O–H groups in total. The molecule has 0 radical (unpaired) electrons. The van der Waals surface area contributed by atoms with Gasteiger partial charge < -0.3 is 4.90 Å². The van der Waals surface area contributed by atoms with Crippen molar-refractivity contribution in [3.63, 3.8) is 0 Å². The molecular formula is C38H71N. The van der Waals surface area contributed by atoms with Gasteiger partial charge >= 0.3 is 0 Å². The van der Waals surface area contributed by atoms with E-state index in [2.05, 4.69) is 75.4 Å². The average molecular weight is 542 g/mol. The molecule has 0 aromatic rings. The quantitative estimate of drug-likeness (QED) is 0.0496. The van der Waals surface area contributed by atoms with Crippen molar-refractivity contribution in [3.8, 4) is 0 Å². The lowest BCUT2D eigenvalue weighted by molar-refractivity contribution is 0.389. The molecule has 0 unspecified atom stereocenters. The first-order chi connectivity index (χ1) is 19.2. The largest absolute Gasteiger partial charge is 0.309 e. The maximum Gasteiger partial charge on any atom is -0.00248 e. The van der Waals surface area contributed by atoms with Crippen LogP contribution >= 0.6 is 0 Å². The molecule has 0 aliphatic heterocycles. The highest BCUT2D eigenvalue weighted by atomic mass is 15.0. The minimum atomic E-state index is 1.07. The summed E-state index contributed by atoms with van der Waals surface area (Å²) in [7, 11) is 4.36.